The first kappa shape index (κ1) is 13.0. The maximum atomic E-state index is 11.3. The van der Waals surface area contributed by atoms with Gasteiger partial charge in [-0.1, -0.05) is 31.8 Å². The van der Waals surface area contributed by atoms with Crippen LogP contribution in [-0.4, -0.2) is 15.6 Å². The van der Waals surface area contributed by atoms with E-state index in [0.717, 1.165) is 5.56 Å². The lowest BCUT2D eigenvalue weighted by molar-refractivity contribution is 0.0697. The van der Waals surface area contributed by atoms with Crippen LogP contribution in [0.4, 0.5) is 0 Å². The molecule has 0 aliphatic carbocycles. The fraction of sp³-hybridized carbons (Fsp3) is 0.188. The first-order valence-corrected chi connectivity index (χ1v) is 6.11. The van der Waals surface area contributed by atoms with E-state index in [1.807, 2.05) is 44.4 Å². The Morgan fingerprint density at radius 2 is 1.89 bits per heavy atom. The fourth-order valence-corrected chi connectivity index (χ4v) is 1.80. The second-order valence-electron chi connectivity index (χ2n) is 4.52. The Morgan fingerprint density at radius 3 is 2.47 bits per heavy atom. The van der Waals surface area contributed by atoms with E-state index in [-0.39, 0.29) is 11.5 Å². The Morgan fingerprint density at radius 1 is 1.21 bits per heavy atom. The minimum atomic E-state index is -0.947. The molecular weight excluding hydrogens is 238 g/mol. The van der Waals surface area contributed by atoms with Crippen molar-refractivity contribution in [1.82, 2.24) is 4.57 Å². The number of para-hydroxylation sites is 1. The molecule has 3 heteroatoms. The Labute approximate surface area is 112 Å². The second kappa shape index (κ2) is 5.45. The van der Waals surface area contributed by atoms with Crippen LogP contribution in [0.25, 0.3) is 5.69 Å². The molecule has 19 heavy (non-hydrogen) atoms. The molecule has 0 aliphatic rings. The van der Waals surface area contributed by atoms with Crippen LogP contribution < -0.4 is 0 Å². The van der Waals surface area contributed by atoms with E-state index in [4.69, 9.17) is 0 Å². The molecule has 3 nitrogen and oxygen atoms in total. The maximum Gasteiger partial charge on any atom is 0.337 e. The first-order chi connectivity index (χ1) is 9.09. The lowest BCUT2D eigenvalue weighted by atomic mass is 10.1. The number of hydrogen-bond donors (Lipinski definition) is 1. The third kappa shape index (κ3) is 2.86. The molecule has 96 valence electrons. The summed E-state index contributed by atoms with van der Waals surface area (Å²) in [7, 11) is 0. The second-order valence-corrected chi connectivity index (χ2v) is 4.52. The standard InChI is InChI=1S/C16H15NO2/c1-12(2)8-9-13-6-5-7-14(16(18)19)15(13)17-10-3-4-11-17/h3-7,10-12H,1-2H3,(H,18,19). The molecule has 1 N–H and O–H groups in total. The van der Waals surface area contributed by atoms with E-state index in [1.165, 1.54) is 0 Å². The lowest BCUT2D eigenvalue weighted by Crippen LogP contribution is -2.06. The van der Waals surface area contributed by atoms with Crippen molar-refractivity contribution < 1.29 is 9.90 Å². The Balaban J connectivity index is 2.65. The molecule has 0 saturated heterocycles. The summed E-state index contributed by atoms with van der Waals surface area (Å²) in [5.41, 5.74) is 1.60. The normalized spacial score (nSPS) is 10.1. The lowest BCUT2D eigenvalue weighted by Gasteiger charge is -2.10. The Kier molecular flexibility index (Phi) is 3.72. The Hall–Kier alpha value is -2.47. The van der Waals surface area contributed by atoms with Gasteiger partial charge in [-0.25, -0.2) is 4.79 Å². The van der Waals surface area contributed by atoms with Gasteiger partial charge in [0.05, 0.1) is 11.3 Å². The predicted octanol–water partition coefficient (Wildman–Crippen LogP) is 3.18. The van der Waals surface area contributed by atoms with Crippen LogP contribution >= 0.6 is 0 Å². The van der Waals surface area contributed by atoms with E-state index < -0.39 is 5.97 Å². The van der Waals surface area contributed by atoms with Crippen molar-refractivity contribution in [2.24, 2.45) is 5.92 Å². The molecule has 0 amide bonds. The van der Waals surface area contributed by atoms with Crippen molar-refractivity contribution in [3.05, 3.63) is 53.9 Å². The average molecular weight is 253 g/mol. The number of rotatable bonds is 2. The van der Waals surface area contributed by atoms with E-state index in [0.29, 0.717) is 5.69 Å². The van der Waals surface area contributed by atoms with Gasteiger partial charge in [-0.05, 0) is 24.3 Å². The van der Waals surface area contributed by atoms with Crippen LogP contribution in [0.15, 0.2) is 42.7 Å². The van der Waals surface area contributed by atoms with Crippen molar-refractivity contribution in [3.63, 3.8) is 0 Å². The monoisotopic (exact) mass is 253 g/mol. The van der Waals surface area contributed by atoms with Crippen molar-refractivity contribution in [3.8, 4) is 17.5 Å². The number of aromatic carboxylic acids is 1. The highest BCUT2D eigenvalue weighted by atomic mass is 16.4. The molecule has 0 fully saturated rings. The molecule has 0 atom stereocenters. The molecular formula is C16H15NO2. The number of aromatic nitrogens is 1. The Bertz CT molecular complexity index is 643. The summed E-state index contributed by atoms with van der Waals surface area (Å²) in [4.78, 5) is 11.3. The highest BCUT2D eigenvalue weighted by Gasteiger charge is 2.14. The highest BCUT2D eigenvalue weighted by molar-refractivity contribution is 5.93. The van der Waals surface area contributed by atoms with E-state index in [9.17, 15) is 9.90 Å². The molecule has 0 saturated carbocycles. The third-order valence-corrected chi connectivity index (χ3v) is 2.62. The number of carboxylic acid groups (broad SMARTS) is 1. The molecule has 2 aromatic rings. The number of carboxylic acids is 1. The quantitative estimate of drug-likeness (QED) is 0.835. The van der Waals surface area contributed by atoms with Gasteiger partial charge in [0.15, 0.2) is 0 Å². The average Bonchev–Trinajstić information content (AvgIpc) is 2.89. The highest BCUT2D eigenvalue weighted by Crippen LogP contribution is 2.20. The van der Waals surface area contributed by atoms with Gasteiger partial charge >= 0.3 is 5.97 Å². The van der Waals surface area contributed by atoms with Crippen LogP contribution in [0.1, 0.15) is 29.8 Å². The van der Waals surface area contributed by atoms with E-state index >= 15 is 0 Å². The van der Waals surface area contributed by atoms with Gasteiger partial charge in [0.25, 0.3) is 0 Å². The van der Waals surface area contributed by atoms with Gasteiger partial charge < -0.3 is 9.67 Å². The minimum Gasteiger partial charge on any atom is -0.478 e. The summed E-state index contributed by atoms with van der Waals surface area (Å²) in [6.45, 7) is 4.01. The van der Waals surface area contributed by atoms with Gasteiger partial charge in [0, 0.05) is 23.9 Å². The van der Waals surface area contributed by atoms with Crippen LogP contribution in [0, 0.1) is 17.8 Å². The predicted molar refractivity (Wildman–Crippen MR) is 74.4 cm³/mol. The zero-order valence-electron chi connectivity index (χ0n) is 10.9. The van der Waals surface area contributed by atoms with Crippen LogP contribution in [-0.2, 0) is 0 Å². The van der Waals surface area contributed by atoms with E-state index in [2.05, 4.69) is 11.8 Å². The maximum absolute atomic E-state index is 11.3. The number of benzene rings is 1. The van der Waals surface area contributed by atoms with E-state index in [1.54, 1.807) is 16.7 Å². The molecule has 0 radical (unpaired) electrons. The molecule has 0 bridgehead atoms. The van der Waals surface area contributed by atoms with Crippen LogP contribution in [0.3, 0.4) is 0 Å². The summed E-state index contributed by atoms with van der Waals surface area (Å²) >= 11 is 0. The summed E-state index contributed by atoms with van der Waals surface area (Å²) in [5, 5.41) is 9.30. The van der Waals surface area contributed by atoms with Gasteiger partial charge in [0.2, 0.25) is 0 Å². The van der Waals surface area contributed by atoms with Gasteiger partial charge in [-0.2, -0.15) is 0 Å². The molecule has 0 aliphatic heterocycles. The summed E-state index contributed by atoms with van der Waals surface area (Å²) in [6.07, 6.45) is 3.64. The van der Waals surface area contributed by atoms with Crippen molar-refractivity contribution >= 4 is 5.97 Å². The number of carbonyl (C=O) groups is 1. The largest absolute Gasteiger partial charge is 0.478 e. The molecule has 0 spiro atoms. The van der Waals surface area contributed by atoms with Gasteiger partial charge in [-0.15, -0.1) is 0 Å². The zero-order chi connectivity index (χ0) is 13.8. The topological polar surface area (TPSA) is 42.2 Å². The molecule has 1 aromatic heterocycles. The zero-order valence-corrected chi connectivity index (χ0v) is 10.9. The number of hydrogen-bond acceptors (Lipinski definition) is 1. The molecule has 1 aromatic carbocycles. The van der Waals surface area contributed by atoms with Crippen LogP contribution in [0.5, 0.6) is 0 Å². The molecule has 1 heterocycles. The minimum absolute atomic E-state index is 0.242. The van der Waals surface area contributed by atoms with Crippen molar-refractivity contribution in [2.45, 2.75) is 13.8 Å². The fourth-order valence-electron chi connectivity index (χ4n) is 1.80. The summed E-state index contributed by atoms with van der Waals surface area (Å²) in [5.74, 6) is 5.43. The van der Waals surface area contributed by atoms with Crippen molar-refractivity contribution in [1.29, 1.82) is 0 Å². The molecule has 0 unspecified atom stereocenters. The first-order valence-electron chi connectivity index (χ1n) is 6.11. The third-order valence-electron chi connectivity index (χ3n) is 2.62. The van der Waals surface area contributed by atoms with Gasteiger partial charge in [0.1, 0.15) is 0 Å². The summed E-state index contributed by atoms with van der Waals surface area (Å²) < 4.78 is 1.79. The molecule has 2 rings (SSSR count). The smallest absolute Gasteiger partial charge is 0.337 e. The SMILES string of the molecule is CC(C)C#Cc1cccc(C(=O)O)c1-n1cccc1. The van der Waals surface area contributed by atoms with Crippen molar-refractivity contribution in [2.75, 3.05) is 0 Å². The number of nitrogens with zero attached hydrogens (tertiary/aromatic N) is 1. The summed E-state index contributed by atoms with van der Waals surface area (Å²) in [6, 6.07) is 8.88. The van der Waals surface area contributed by atoms with Crippen LogP contribution in [0.2, 0.25) is 0 Å². The van der Waals surface area contributed by atoms with Gasteiger partial charge in [-0.3, -0.25) is 0 Å².